The molecule has 0 aliphatic heterocycles. The summed E-state index contributed by atoms with van der Waals surface area (Å²) < 4.78 is 1.39. The zero-order valence-corrected chi connectivity index (χ0v) is 20.6. The van der Waals surface area contributed by atoms with E-state index in [2.05, 4.69) is 4.98 Å². The molecular weight excluding hydrogens is 494 g/mol. The van der Waals surface area contributed by atoms with E-state index in [0.29, 0.717) is 27.2 Å². The maximum Gasteiger partial charge on any atom is 0.265 e. The topological polar surface area (TPSA) is 81.9 Å². The van der Waals surface area contributed by atoms with Crippen molar-refractivity contribution in [1.29, 1.82) is 0 Å². The number of ketones is 2. The van der Waals surface area contributed by atoms with Gasteiger partial charge in [0.25, 0.3) is 5.91 Å². The van der Waals surface area contributed by atoms with Crippen molar-refractivity contribution < 1.29 is 14.4 Å². The lowest BCUT2D eigenvalue weighted by molar-refractivity contribution is 0.0956. The minimum Gasteiger partial charge on any atom is -0.288 e. The van der Waals surface area contributed by atoms with Gasteiger partial charge in [-0.3, -0.25) is 14.4 Å². The zero-order valence-electron chi connectivity index (χ0n) is 19.8. The highest BCUT2D eigenvalue weighted by molar-refractivity contribution is 7.21. The van der Waals surface area contributed by atoms with E-state index in [9.17, 15) is 14.4 Å². The molecule has 0 radical (unpaired) electrons. The second-order valence-electron chi connectivity index (χ2n) is 8.95. The Morgan fingerprint density at radius 3 is 1.95 bits per heavy atom. The van der Waals surface area contributed by atoms with E-state index in [4.69, 9.17) is 4.98 Å². The van der Waals surface area contributed by atoms with Crippen molar-refractivity contribution in [2.45, 2.75) is 0 Å². The van der Waals surface area contributed by atoms with E-state index >= 15 is 0 Å². The summed E-state index contributed by atoms with van der Waals surface area (Å²) in [5.74, 6) is -0.898. The number of rotatable bonds is 3. The van der Waals surface area contributed by atoms with Crippen molar-refractivity contribution in [3.8, 4) is 10.6 Å². The van der Waals surface area contributed by atoms with Crippen LogP contribution >= 0.6 is 11.3 Å². The number of thiazole rings is 1. The fourth-order valence-corrected chi connectivity index (χ4v) is 5.70. The summed E-state index contributed by atoms with van der Waals surface area (Å²) >= 11 is 1.35. The van der Waals surface area contributed by atoms with Gasteiger partial charge in [-0.2, -0.15) is 0 Å². The second kappa shape index (κ2) is 8.54. The molecule has 2 aromatic heterocycles. The van der Waals surface area contributed by atoms with Crippen LogP contribution in [-0.2, 0) is 0 Å². The SMILES string of the molecule is O=C1C(=Cc2nc3sc(-c4ccccc4)nc3n2C(=O)c2ccccc2)C(=O)c2cc3ccccc3cc21. The highest BCUT2D eigenvalue weighted by Gasteiger charge is 2.34. The number of carbonyl (C=O) groups is 3. The first kappa shape index (κ1) is 22.2. The number of imidazole rings is 1. The maximum atomic E-state index is 13.7. The third-order valence-electron chi connectivity index (χ3n) is 6.63. The van der Waals surface area contributed by atoms with Crippen molar-refractivity contribution >= 4 is 56.1 Å². The van der Waals surface area contributed by atoms with Gasteiger partial charge in [0, 0.05) is 22.3 Å². The molecule has 0 N–H and O–H groups in total. The number of hydrogen-bond donors (Lipinski definition) is 0. The Morgan fingerprint density at radius 1 is 0.737 bits per heavy atom. The van der Waals surface area contributed by atoms with Gasteiger partial charge in [-0.05, 0) is 41.1 Å². The predicted octanol–water partition coefficient (Wildman–Crippen LogP) is 6.46. The molecule has 6 aromatic rings. The van der Waals surface area contributed by atoms with E-state index < -0.39 is 0 Å². The van der Waals surface area contributed by atoms with Gasteiger partial charge in [0.05, 0.1) is 5.57 Å². The smallest absolute Gasteiger partial charge is 0.265 e. The molecule has 7 heteroatoms. The van der Waals surface area contributed by atoms with E-state index in [-0.39, 0.29) is 28.9 Å². The van der Waals surface area contributed by atoms with Gasteiger partial charge in [0.2, 0.25) is 0 Å². The first-order valence-corrected chi connectivity index (χ1v) is 12.8. The molecule has 0 saturated carbocycles. The van der Waals surface area contributed by atoms with Crippen LogP contribution in [0.4, 0.5) is 0 Å². The number of fused-ring (bicyclic) bond motifs is 3. The third-order valence-corrected chi connectivity index (χ3v) is 7.62. The Bertz CT molecular complexity index is 1910. The lowest BCUT2D eigenvalue weighted by atomic mass is 10.0. The number of hydrogen-bond acceptors (Lipinski definition) is 6. The predicted molar refractivity (Wildman–Crippen MR) is 148 cm³/mol. The van der Waals surface area contributed by atoms with Gasteiger partial charge >= 0.3 is 0 Å². The first-order chi connectivity index (χ1) is 18.6. The Kier molecular flexibility index (Phi) is 4.99. The molecule has 0 fully saturated rings. The van der Waals surface area contributed by atoms with Gasteiger partial charge in [0.15, 0.2) is 22.0 Å². The molecule has 2 heterocycles. The summed E-state index contributed by atoms with van der Waals surface area (Å²) in [5, 5.41) is 2.49. The second-order valence-corrected chi connectivity index (χ2v) is 9.93. The van der Waals surface area contributed by atoms with Crippen molar-refractivity contribution in [3.63, 3.8) is 0 Å². The molecule has 0 saturated heterocycles. The fourth-order valence-electron chi connectivity index (χ4n) is 4.77. The standard InChI is InChI=1S/C31H17N3O3S/c35-26-22-15-20-13-7-8-14-21(20)16-23(22)27(36)24(26)17-25-32-30-28(33-29(38-30)18-9-3-1-4-10-18)34(25)31(37)19-11-5-2-6-12-19/h1-17H. The van der Waals surface area contributed by atoms with Crippen LogP contribution in [0.1, 0.15) is 36.9 Å². The minimum absolute atomic E-state index is 0.0154. The summed E-state index contributed by atoms with van der Waals surface area (Å²) in [6.07, 6.45) is 1.42. The van der Waals surface area contributed by atoms with Crippen LogP contribution in [0.15, 0.2) is 103 Å². The molecule has 0 unspecified atom stereocenters. The quantitative estimate of drug-likeness (QED) is 0.201. The molecule has 1 aliphatic rings. The highest BCUT2D eigenvalue weighted by atomic mass is 32.1. The normalized spacial score (nSPS) is 12.9. The minimum atomic E-state index is -0.376. The molecule has 0 atom stereocenters. The number of aromatic nitrogens is 3. The van der Waals surface area contributed by atoms with Crippen LogP contribution in [0.25, 0.3) is 37.9 Å². The highest BCUT2D eigenvalue weighted by Crippen LogP contribution is 2.34. The molecule has 0 spiro atoms. The van der Waals surface area contributed by atoms with Gasteiger partial charge in [-0.25, -0.2) is 14.5 Å². The molecule has 0 amide bonds. The largest absolute Gasteiger partial charge is 0.288 e. The zero-order chi connectivity index (χ0) is 25.8. The molecule has 4 aromatic carbocycles. The van der Waals surface area contributed by atoms with E-state index in [0.717, 1.165) is 21.3 Å². The number of carbonyl (C=O) groups excluding carboxylic acids is 3. The number of nitrogens with zero attached hydrogens (tertiary/aromatic N) is 3. The Hall–Kier alpha value is -5.01. The average Bonchev–Trinajstić information content (AvgIpc) is 3.59. The molecule has 38 heavy (non-hydrogen) atoms. The molecule has 7 rings (SSSR count). The number of benzene rings is 4. The molecule has 0 bridgehead atoms. The van der Waals surface area contributed by atoms with Gasteiger partial charge in [-0.1, -0.05) is 84.1 Å². The van der Waals surface area contributed by atoms with Crippen LogP contribution in [-0.4, -0.2) is 32.0 Å². The molecule has 180 valence electrons. The molecule has 1 aliphatic carbocycles. The molecular formula is C31H17N3O3S. The first-order valence-electron chi connectivity index (χ1n) is 12.0. The van der Waals surface area contributed by atoms with Crippen LogP contribution in [0, 0.1) is 0 Å². The third kappa shape index (κ3) is 3.44. The Balaban J connectivity index is 1.40. The van der Waals surface area contributed by atoms with Crippen molar-refractivity contribution in [2.24, 2.45) is 0 Å². The number of Topliss-reactive ketones (excluding diaryl/α,β-unsaturated/α-hetero) is 2. The van der Waals surface area contributed by atoms with Crippen LogP contribution in [0.3, 0.4) is 0 Å². The Labute approximate surface area is 220 Å². The number of allylic oxidation sites excluding steroid dienone is 1. The van der Waals surface area contributed by atoms with E-state index in [1.807, 2.05) is 60.7 Å². The summed E-state index contributed by atoms with van der Waals surface area (Å²) in [6.45, 7) is 0. The summed E-state index contributed by atoms with van der Waals surface area (Å²) in [7, 11) is 0. The van der Waals surface area contributed by atoms with Crippen LogP contribution < -0.4 is 0 Å². The lowest BCUT2D eigenvalue weighted by Gasteiger charge is -2.05. The fraction of sp³-hybridized carbons (Fsp3) is 0. The van der Waals surface area contributed by atoms with E-state index in [1.54, 1.807) is 36.4 Å². The van der Waals surface area contributed by atoms with Gasteiger partial charge < -0.3 is 0 Å². The maximum absolute atomic E-state index is 13.7. The lowest BCUT2D eigenvalue weighted by Crippen LogP contribution is -2.15. The summed E-state index contributed by atoms with van der Waals surface area (Å²) in [6, 6.07) is 29.6. The van der Waals surface area contributed by atoms with E-state index in [1.165, 1.54) is 22.0 Å². The Morgan fingerprint density at radius 2 is 1.32 bits per heavy atom. The summed E-state index contributed by atoms with van der Waals surface area (Å²) in [4.78, 5) is 50.4. The van der Waals surface area contributed by atoms with Crippen molar-refractivity contribution in [1.82, 2.24) is 14.5 Å². The monoisotopic (exact) mass is 511 g/mol. The van der Waals surface area contributed by atoms with Crippen molar-refractivity contribution in [2.75, 3.05) is 0 Å². The van der Waals surface area contributed by atoms with Gasteiger partial charge in [-0.15, -0.1) is 0 Å². The van der Waals surface area contributed by atoms with Crippen LogP contribution in [0.5, 0.6) is 0 Å². The average molecular weight is 512 g/mol. The van der Waals surface area contributed by atoms with Gasteiger partial charge in [0.1, 0.15) is 10.8 Å². The van der Waals surface area contributed by atoms with Crippen molar-refractivity contribution in [3.05, 3.63) is 125 Å². The summed E-state index contributed by atoms with van der Waals surface area (Å²) in [5.41, 5.74) is 2.45. The molecule has 6 nitrogen and oxygen atoms in total. The van der Waals surface area contributed by atoms with Crippen LogP contribution in [0.2, 0.25) is 0 Å².